The number of aromatic nitrogens is 1. The molecule has 1 aromatic heterocycles. The number of pyridine rings is 1. The van der Waals surface area contributed by atoms with Gasteiger partial charge in [0.2, 0.25) is 0 Å². The number of anilines is 1. The van der Waals surface area contributed by atoms with E-state index in [4.69, 9.17) is 5.73 Å². The third kappa shape index (κ3) is 3.09. The number of nitrogens with two attached hydrogens (primary N) is 1. The fourth-order valence-electron chi connectivity index (χ4n) is 1.74. The lowest BCUT2D eigenvalue weighted by Crippen LogP contribution is -2.28. The average Bonchev–Trinajstić information content (AvgIpc) is 2.39. The highest BCUT2D eigenvalue weighted by Crippen LogP contribution is 2.18. The van der Waals surface area contributed by atoms with Gasteiger partial charge < -0.3 is 11.1 Å². The van der Waals surface area contributed by atoms with Crippen LogP contribution in [0.2, 0.25) is 0 Å². The van der Waals surface area contributed by atoms with Crippen LogP contribution in [0.4, 0.5) is 14.5 Å². The van der Waals surface area contributed by atoms with E-state index in [9.17, 15) is 13.6 Å². The van der Waals surface area contributed by atoms with Crippen molar-refractivity contribution in [2.75, 3.05) is 5.73 Å². The number of hydrogen-bond donors (Lipinski definition) is 2. The Morgan fingerprint density at radius 1 is 1.30 bits per heavy atom. The van der Waals surface area contributed by atoms with Gasteiger partial charge in [-0.05, 0) is 25.1 Å². The molecule has 20 heavy (non-hydrogen) atoms. The van der Waals surface area contributed by atoms with Gasteiger partial charge >= 0.3 is 0 Å². The zero-order valence-corrected chi connectivity index (χ0v) is 10.7. The van der Waals surface area contributed by atoms with E-state index in [0.717, 1.165) is 12.1 Å². The monoisotopic (exact) mass is 277 g/mol. The smallest absolute Gasteiger partial charge is 0.270 e. The molecule has 2 aromatic rings. The van der Waals surface area contributed by atoms with E-state index in [1.54, 1.807) is 13.0 Å². The van der Waals surface area contributed by atoms with Crippen molar-refractivity contribution in [1.82, 2.24) is 10.3 Å². The van der Waals surface area contributed by atoms with Crippen LogP contribution in [0, 0.1) is 11.6 Å². The van der Waals surface area contributed by atoms with Gasteiger partial charge in [-0.15, -0.1) is 0 Å². The molecule has 3 N–H and O–H groups in total. The number of carbonyl (C=O) groups excluding carboxylic acids is 1. The lowest BCUT2D eigenvalue weighted by molar-refractivity contribution is 0.0934. The van der Waals surface area contributed by atoms with Crippen LogP contribution in [-0.4, -0.2) is 10.9 Å². The number of nitrogens with zero attached hydrogens (tertiary/aromatic N) is 1. The molecular weight excluding hydrogens is 264 g/mol. The summed E-state index contributed by atoms with van der Waals surface area (Å²) in [7, 11) is 0. The Balaban J connectivity index is 2.12. The molecule has 0 spiro atoms. The summed E-state index contributed by atoms with van der Waals surface area (Å²) in [5, 5.41) is 2.59. The van der Waals surface area contributed by atoms with Gasteiger partial charge in [0, 0.05) is 11.6 Å². The summed E-state index contributed by atoms with van der Waals surface area (Å²) >= 11 is 0. The summed E-state index contributed by atoms with van der Waals surface area (Å²) in [5.41, 5.74) is 6.30. The van der Waals surface area contributed by atoms with Gasteiger partial charge in [-0.25, -0.2) is 13.8 Å². The van der Waals surface area contributed by atoms with E-state index >= 15 is 0 Å². The second kappa shape index (κ2) is 5.64. The molecule has 104 valence electrons. The molecule has 4 nitrogen and oxygen atoms in total. The van der Waals surface area contributed by atoms with E-state index in [-0.39, 0.29) is 11.3 Å². The number of amides is 1. The van der Waals surface area contributed by atoms with E-state index in [0.29, 0.717) is 5.69 Å². The lowest BCUT2D eigenvalue weighted by Gasteiger charge is -2.14. The summed E-state index contributed by atoms with van der Waals surface area (Å²) < 4.78 is 26.4. The maximum absolute atomic E-state index is 13.6. The van der Waals surface area contributed by atoms with Gasteiger partial charge in [0.15, 0.2) is 0 Å². The van der Waals surface area contributed by atoms with Crippen LogP contribution in [0.15, 0.2) is 36.5 Å². The van der Waals surface area contributed by atoms with Crippen molar-refractivity contribution in [3.05, 3.63) is 59.4 Å². The number of carbonyl (C=O) groups is 1. The van der Waals surface area contributed by atoms with Crippen LogP contribution in [0.1, 0.15) is 29.0 Å². The topological polar surface area (TPSA) is 68.0 Å². The van der Waals surface area contributed by atoms with Crippen LogP contribution in [0.5, 0.6) is 0 Å². The van der Waals surface area contributed by atoms with Crippen LogP contribution in [-0.2, 0) is 0 Å². The molecule has 0 saturated carbocycles. The molecule has 0 fully saturated rings. The molecule has 1 unspecified atom stereocenters. The van der Waals surface area contributed by atoms with Crippen LogP contribution >= 0.6 is 0 Å². The van der Waals surface area contributed by atoms with Crippen LogP contribution in [0.3, 0.4) is 0 Å². The Hall–Kier alpha value is -2.50. The number of halogens is 2. The first-order chi connectivity index (χ1) is 9.47. The van der Waals surface area contributed by atoms with Gasteiger partial charge in [-0.2, -0.15) is 0 Å². The lowest BCUT2D eigenvalue weighted by atomic mass is 10.1. The Bertz CT molecular complexity index is 629. The summed E-state index contributed by atoms with van der Waals surface area (Å²) in [4.78, 5) is 15.8. The molecule has 0 radical (unpaired) electrons. The molecule has 2 rings (SSSR count). The van der Waals surface area contributed by atoms with Crippen LogP contribution < -0.4 is 11.1 Å². The van der Waals surface area contributed by atoms with E-state index < -0.39 is 23.6 Å². The van der Waals surface area contributed by atoms with Crippen molar-refractivity contribution < 1.29 is 13.6 Å². The van der Waals surface area contributed by atoms with Crippen molar-refractivity contribution in [2.45, 2.75) is 13.0 Å². The minimum absolute atomic E-state index is 0.175. The highest BCUT2D eigenvalue weighted by atomic mass is 19.1. The highest BCUT2D eigenvalue weighted by Gasteiger charge is 2.15. The first kappa shape index (κ1) is 13.9. The van der Waals surface area contributed by atoms with Gasteiger partial charge in [0.1, 0.15) is 17.3 Å². The number of hydrogen-bond acceptors (Lipinski definition) is 3. The second-order valence-electron chi connectivity index (χ2n) is 4.34. The predicted molar refractivity (Wildman–Crippen MR) is 70.9 cm³/mol. The maximum atomic E-state index is 13.6. The van der Waals surface area contributed by atoms with E-state index in [2.05, 4.69) is 10.3 Å². The normalized spacial score (nSPS) is 11.9. The van der Waals surface area contributed by atoms with Crippen molar-refractivity contribution in [2.24, 2.45) is 0 Å². The van der Waals surface area contributed by atoms with Gasteiger partial charge in [0.05, 0.1) is 17.9 Å². The molecule has 0 aliphatic carbocycles. The van der Waals surface area contributed by atoms with Crippen molar-refractivity contribution in [1.29, 1.82) is 0 Å². The summed E-state index contributed by atoms with van der Waals surface area (Å²) in [6, 6.07) is 5.62. The van der Waals surface area contributed by atoms with Crippen molar-refractivity contribution >= 4 is 11.6 Å². The fraction of sp³-hybridized carbons (Fsp3) is 0.143. The zero-order chi connectivity index (χ0) is 14.7. The van der Waals surface area contributed by atoms with Crippen molar-refractivity contribution in [3.8, 4) is 0 Å². The molecule has 6 heteroatoms. The molecule has 1 atom stereocenters. The minimum Gasteiger partial charge on any atom is -0.397 e. The molecule has 0 aliphatic heterocycles. The maximum Gasteiger partial charge on any atom is 0.270 e. The SMILES string of the molecule is CC(NC(=O)c1ccc(N)cn1)c1ccc(F)cc1F. The standard InChI is InChI=1S/C14H13F2N3O/c1-8(11-4-2-9(15)6-12(11)16)19-14(20)13-5-3-10(17)7-18-13/h2-8H,17H2,1H3,(H,19,20). The Kier molecular flexibility index (Phi) is 3.93. The molecular formula is C14H13F2N3O. The number of nitrogen functional groups attached to an aromatic ring is 1. The average molecular weight is 277 g/mol. The number of rotatable bonds is 3. The first-order valence-corrected chi connectivity index (χ1v) is 5.94. The minimum atomic E-state index is -0.705. The van der Waals surface area contributed by atoms with Gasteiger partial charge in [-0.3, -0.25) is 4.79 Å². The van der Waals surface area contributed by atoms with Gasteiger partial charge in [0.25, 0.3) is 5.91 Å². The first-order valence-electron chi connectivity index (χ1n) is 5.94. The molecule has 1 heterocycles. The highest BCUT2D eigenvalue weighted by molar-refractivity contribution is 5.92. The third-order valence-electron chi connectivity index (χ3n) is 2.80. The molecule has 1 aromatic carbocycles. The molecule has 0 bridgehead atoms. The zero-order valence-electron chi connectivity index (χ0n) is 10.7. The number of benzene rings is 1. The quantitative estimate of drug-likeness (QED) is 0.905. The predicted octanol–water partition coefficient (Wildman–Crippen LogP) is 2.43. The largest absolute Gasteiger partial charge is 0.397 e. The summed E-state index contributed by atoms with van der Waals surface area (Å²) in [5.74, 6) is -1.82. The van der Waals surface area contributed by atoms with E-state index in [1.165, 1.54) is 18.3 Å². The van der Waals surface area contributed by atoms with Crippen molar-refractivity contribution in [3.63, 3.8) is 0 Å². The number of nitrogens with one attached hydrogen (secondary N) is 1. The Morgan fingerprint density at radius 3 is 2.65 bits per heavy atom. The summed E-state index contributed by atoms with van der Waals surface area (Å²) in [6.45, 7) is 1.60. The Morgan fingerprint density at radius 2 is 2.05 bits per heavy atom. The fourth-order valence-corrected chi connectivity index (χ4v) is 1.74. The molecule has 0 saturated heterocycles. The second-order valence-corrected chi connectivity index (χ2v) is 4.34. The summed E-state index contributed by atoms with van der Waals surface area (Å²) in [6.07, 6.45) is 1.36. The Labute approximate surface area is 114 Å². The molecule has 1 amide bonds. The van der Waals surface area contributed by atoms with Gasteiger partial charge in [-0.1, -0.05) is 6.07 Å². The van der Waals surface area contributed by atoms with Crippen LogP contribution in [0.25, 0.3) is 0 Å². The molecule has 0 aliphatic rings. The van der Waals surface area contributed by atoms with E-state index in [1.807, 2.05) is 0 Å². The third-order valence-corrected chi connectivity index (χ3v) is 2.80.